The van der Waals surface area contributed by atoms with Gasteiger partial charge in [-0.1, -0.05) is 13.8 Å². The van der Waals surface area contributed by atoms with E-state index in [9.17, 15) is 9.59 Å². The summed E-state index contributed by atoms with van der Waals surface area (Å²) in [5.74, 6) is -0.946. The molecule has 1 aromatic carbocycles. The Morgan fingerprint density at radius 2 is 1.61 bits per heavy atom. The highest BCUT2D eigenvalue weighted by atomic mass is 127. The first-order valence-electron chi connectivity index (χ1n) is 5.77. The molecule has 2 N–H and O–H groups in total. The van der Waals surface area contributed by atoms with Crippen molar-refractivity contribution >= 4 is 40.1 Å². The fraction of sp³-hybridized carbons (Fsp3) is 0.385. The van der Waals surface area contributed by atoms with Crippen molar-refractivity contribution in [2.24, 2.45) is 5.92 Å². The van der Waals surface area contributed by atoms with Gasteiger partial charge in [0, 0.05) is 15.3 Å². The Hall–Kier alpha value is -1.11. The summed E-state index contributed by atoms with van der Waals surface area (Å²) in [4.78, 5) is 23.2. The van der Waals surface area contributed by atoms with E-state index in [1.807, 2.05) is 32.9 Å². The largest absolute Gasteiger partial charge is 0.345 e. The molecule has 1 rings (SSSR count). The minimum atomic E-state index is -0.635. The lowest BCUT2D eigenvalue weighted by Gasteiger charge is -2.16. The van der Waals surface area contributed by atoms with Crippen LogP contribution in [0.25, 0.3) is 0 Å². The summed E-state index contributed by atoms with van der Waals surface area (Å²) in [5.41, 5.74) is 0.618. The number of rotatable bonds is 3. The van der Waals surface area contributed by atoms with Crippen molar-refractivity contribution in [3.63, 3.8) is 0 Å². The van der Waals surface area contributed by atoms with Crippen molar-refractivity contribution in [2.75, 3.05) is 5.32 Å². The van der Waals surface area contributed by atoms with E-state index < -0.39 is 11.8 Å². The summed E-state index contributed by atoms with van der Waals surface area (Å²) in [6, 6.07) is 7.23. The molecule has 5 heteroatoms. The lowest BCUT2D eigenvalue weighted by molar-refractivity contribution is -0.136. The predicted molar refractivity (Wildman–Crippen MR) is 80.2 cm³/mol. The zero-order valence-corrected chi connectivity index (χ0v) is 12.8. The maximum absolute atomic E-state index is 11.6. The van der Waals surface area contributed by atoms with Gasteiger partial charge < -0.3 is 10.6 Å². The molecule has 18 heavy (non-hydrogen) atoms. The molecule has 0 aliphatic carbocycles. The molecule has 0 aliphatic rings. The van der Waals surface area contributed by atoms with Gasteiger partial charge in [0.15, 0.2) is 0 Å². The van der Waals surface area contributed by atoms with Crippen LogP contribution in [-0.2, 0) is 9.59 Å². The average Bonchev–Trinajstić information content (AvgIpc) is 2.31. The van der Waals surface area contributed by atoms with Gasteiger partial charge in [0.1, 0.15) is 0 Å². The first-order valence-corrected chi connectivity index (χ1v) is 6.85. The number of halogens is 1. The molecule has 0 aromatic heterocycles. The standard InChI is InChI=1S/C13H17IN2O2/c1-8(2)9(3)15-12(17)13(18)16-11-6-4-10(14)5-7-11/h4-9H,1-3H3,(H,15,17)(H,16,18). The zero-order chi connectivity index (χ0) is 13.7. The van der Waals surface area contributed by atoms with E-state index >= 15 is 0 Å². The number of benzene rings is 1. The van der Waals surface area contributed by atoms with E-state index in [1.54, 1.807) is 12.1 Å². The van der Waals surface area contributed by atoms with Gasteiger partial charge in [-0.05, 0) is 59.7 Å². The molecule has 0 aliphatic heterocycles. The van der Waals surface area contributed by atoms with Crippen LogP contribution >= 0.6 is 22.6 Å². The minimum Gasteiger partial charge on any atom is -0.345 e. The number of carbonyl (C=O) groups is 2. The first-order chi connectivity index (χ1) is 8.40. The van der Waals surface area contributed by atoms with Crippen LogP contribution in [0.5, 0.6) is 0 Å². The Morgan fingerprint density at radius 3 is 2.11 bits per heavy atom. The predicted octanol–water partition coefficient (Wildman–Crippen LogP) is 2.39. The molecular weight excluding hydrogens is 343 g/mol. The molecule has 4 nitrogen and oxygen atoms in total. The quantitative estimate of drug-likeness (QED) is 0.643. The van der Waals surface area contributed by atoms with E-state index in [1.165, 1.54) is 0 Å². The number of anilines is 1. The Labute approximate surface area is 121 Å². The summed E-state index contributed by atoms with van der Waals surface area (Å²) in [6.45, 7) is 5.85. The van der Waals surface area contributed by atoms with E-state index in [-0.39, 0.29) is 6.04 Å². The van der Waals surface area contributed by atoms with Crippen molar-refractivity contribution in [2.45, 2.75) is 26.8 Å². The van der Waals surface area contributed by atoms with E-state index in [0.717, 1.165) is 3.57 Å². The SMILES string of the molecule is CC(C)C(C)NC(=O)C(=O)Nc1ccc(I)cc1. The van der Waals surface area contributed by atoms with Crippen molar-refractivity contribution in [3.8, 4) is 0 Å². The highest BCUT2D eigenvalue weighted by Crippen LogP contribution is 2.11. The number of hydrogen-bond acceptors (Lipinski definition) is 2. The zero-order valence-electron chi connectivity index (χ0n) is 10.7. The van der Waals surface area contributed by atoms with Crippen molar-refractivity contribution in [1.82, 2.24) is 5.32 Å². The molecule has 98 valence electrons. The van der Waals surface area contributed by atoms with Gasteiger partial charge in [-0.15, -0.1) is 0 Å². The van der Waals surface area contributed by atoms with E-state index in [2.05, 4.69) is 33.2 Å². The second kappa shape index (κ2) is 6.72. The van der Waals surface area contributed by atoms with Gasteiger partial charge >= 0.3 is 11.8 Å². The molecule has 0 spiro atoms. The fourth-order valence-corrected chi connectivity index (χ4v) is 1.52. The van der Waals surface area contributed by atoms with Crippen LogP contribution in [0.2, 0.25) is 0 Å². The minimum absolute atomic E-state index is 0.0278. The average molecular weight is 360 g/mol. The normalized spacial score (nSPS) is 12.1. The molecule has 0 saturated carbocycles. The Morgan fingerprint density at radius 1 is 1.06 bits per heavy atom. The smallest absolute Gasteiger partial charge is 0.313 e. The second-order valence-corrected chi connectivity index (χ2v) is 5.71. The molecule has 2 amide bonds. The van der Waals surface area contributed by atoms with Gasteiger partial charge in [0.05, 0.1) is 0 Å². The van der Waals surface area contributed by atoms with E-state index in [0.29, 0.717) is 11.6 Å². The number of carbonyl (C=O) groups excluding carboxylic acids is 2. The van der Waals surface area contributed by atoms with Gasteiger partial charge in [-0.3, -0.25) is 9.59 Å². The number of amides is 2. The van der Waals surface area contributed by atoms with Gasteiger partial charge in [-0.25, -0.2) is 0 Å². The fourth-order valence-electron chi connectivity index (χ4n) is 1.16. The first kappa shape index (κ1) is 14.9. The Bertz CT molecular complexity index is 429. The lowest BCUT2D eigenvalue weighted by atomic mass is 10.1. The van der Waals surface area contributed by atoms with Gasteiger partial charge in [-0.2, -0.15) is 0 Å². The number of hydrogen-bond donors (Lipinski definition) is 2. The Kier molecular flexibility index (Phi) is 5.58. The lowest BCUT2D eigenvalue weighted by Crippen LogP contribution is -2.42. The van der Waals surface area contributed by atoms with Crippen LogP contribution in [-0.4, -0.2) is 17.9 Å². The molecule has 0 bridgehead atoms. The summed E-state index contributed by atoms with van der Waals surface area (Å²) in [5, 5.41) is 5.22. The maximum atomic E-state index is 11.6. The Balaban J connectivity index is 2.55. The molecular formula is C13H17IN2O2. The van der Waals surface area contributed by atoms with Crippen LogP contribution in [0, 0.1) is 9.49 Å². The third-order valence-corrected chi connectivity index (χ3v) is 3.39. The monoisotopic (exact) mass is 360 g/mol. The third-order valence-electron chi connectivity index (χ3n) is 2.67. The van der Waals surface area contributed by atoms with Crippen LogP contribution < -0.4 is 10.6 Å². The molecule has 1 atom stereocenters. The number of nitrogens with one attached hydrogen (secondary N) is 2. The summed E-state index contributed by atoms with van der Waals surface area (Å²) < 4.78 is 1.07. The highest BCUT2D eigenvalue weighted by molar-refractivity contribution is 14.1. The third kappa shape index (κ3) is 4.64. The summed E-state index contributed by atoms with van der Waals surface area (Å²) >= 11 is 2.17. The molecule has 0 fully saturated rings. The summed E-state index contributed by atoms with van der Waals surface area (Å²) in [7, 11) is 0. The van der Waals surface area contributed by atoms with Crippen LogP contribution in [0.3, 0.4) is 0 Å². The maximum Gasteiger partial charge on any atom is 0.313 e. The van der Waals surface area contributed by atoms with Gasteiger partial charge in [0.2, 0.25) is 0 Å². The van der Waals surface area contributed by atoms with Crippen LogP contribution in [0.4, 0.5) is 5.69 Å². The molecule has 0 heterocycles. The topological polar surface area (TPSA) is 58.2 Å². The molecule has 0 radical (unpaired) electrons. The highest BCUT2D eigenvalue weighted by Gasteiger charge is 2.17. The molecule has 0 saturated heterocycles. The van der Waals surface area contributed by atoms with E-state index in [4.69, 9.17) is 0 Å². The van der Waals surface area contributed by atoms with Gasteiger partial charge in [0.25, 0.3) is 0 Å². The van der Waals surface area contributed by atoms with Crippen LogP contribution in [0.1, 0.15) is 20.8 Å². The molecule has 1 unspecified atom stereocenters. The summed E-state index contributed by atoms with van der Waals surface area (Å²) in [6.07, 6.45) is 0. The van der Waals surface area contributed by atoms with Crippen molar-refractivity contribution < 1.29 is 9.59 Å². The molecule has 1 aromatic rings. The van der Waals surface area contributed by atoms with Crippen LogP contribution in [0.15, 0.2) is 24.3 Å². The second-order valence-electron chi connectivity index (χ2n) is 4.47. The van der Waals surface area contributed by atoms with Crippen molar-refractivity contribution in [1.29, 1.82) is 0 Å². The van der Waals surface area contributed by atoms with Crippen molar-refractivity contribution in [3.05, 3.63) is 27.8 Å².